The largest absolute Gasteiger partial charge is 0.321 e. The van der Waals surface area contributed by atoms with E-state index in [-0.39, 0.29) is 17.3 Å². The Hall–Kier alpha value is -1.91. The third-order valence-electron chi connectivity index (χ3n) is 2.34. The molecule has 1 N–H and O–H groups in total. The molecular formula is C11H14N2O3. The highest BCUT2D eigenvalue weighted by Gasteiger charge is 2.16. The minimum atomic E-state index is -0.482. The molecule has 1 aromatic rings. The summed E-state index contributed by atoms with van der Waals surface area (Å²) in [6.45, 7) is 5.13. The fourth-order valence-corrected chi connectivity index (χ4v) is 1.56. The zero-order valence-corrected chi connectivity index (χ0v) is 9.53. The number of anilines is 1. The van der Waals surface area contributed by atoms with Gasteiger partial charge in [0, 0.05) is 13.0 Å². The highest BCUT2D eigenvalue weighted by Crippen LogP contribution is 2.28. The molecule has 86 valence electrons. The smallest absolute Gasteiger partial charge is 0.293 e. The molecule has 1 aromatic carbocycles. The molecule has 0 bridgehead atoms. The number of amides is 1. The normalized spacial score (nSPS) is 9.94. The van der Waals surface area contributed by atoms with Crippen molar-refractivity contribution >= 4 is 17.3 Å². The summed E-state index contributed by atoms with van der Waals surface area (Å²) in [7, 11) is 0. The van der Waals surface area contributed by atoms with Crippen molar-refractivity contribution in [3.63, 3.8) is 0 Å². The van der Waals surface area contributed by atoms with Crippen LogP contribution in [0, 0.1) is 17.0 Å². The summed E-state index contributed by atoms with van der Waals surface area (Å²) < 4.78 is 0. The molecule has 0 aromatic heterocycles. The topological polar surface area (TPSA) is 72.2 Å². The molecule has 1 amide bonds. The lowest BCUT2D eigenvalue weighted by atomic mass is 10.0. The molecule has 0 unspecified atom stereocenters. The number of carbonyl (C=O) groups excluding carboxylic acids is 1. The number of rotatable bonds is 3. The first-order chi connectivity index (χ1) is 7.45. The van der Waals surface area contributed by atoms with Gasteiger partial charge in [-0.2, -0.15) is 0 Å². The van der Waals surface area contributed by atoms with Crippen molar-refractivity contribution in [1.82, 2.24) is 0 Å². The van der Waals surface area contributed by atoms with Gasteiger partial charge in [0.1, 0.15) is 5.69 Å². The molecule has 5 nitrogen and oxygen atoms in total. The molecule has 0 saturated heterocycles. The molecule has 0 fully saturated rings. The van der Waals surface area contributed by atoms with Gasteiger partial charge in [-0.1, -0.05) is 6.92 Å². The number of nitrogens with zero attached hydrogens (tertiary/aromatic N) is 1. The Labute approximate surface area is 93.6 Å². The van der Waals surface area contributed by atoms with Crippen LogP contribution in [-0.4, -0.2) is 10.8 Å². The van der Waals surface area contributed by atoms with Crippen LogP contribution in [0.4, 0.5) is 11.4 Å². The van der Waals surface area contributed by atoms with Crippen LogP contribution in [0.25, 0.3) is 0 Å². The highest BCUT2D eigenvalue weighted by atomic mass is 16.6. The Bertz CT molecular complexity index is 441. The zero-order valence-electron chi connectivity index (χ0n) is 9.53. The molecule has 0 saturated carbocycles. The fourth-order valence-electron chi connectivity index (χ4n) is 1.56. The monoisotopic (exact) mass is 222 g/mol. The number of aryl methyl sites for hydroxylation is 2. The standard InChI is InChI=1S/C11H14N2O3/c1-4-9-6-11(13(15)16)10(5-7(9)2)12-8(3)14/h5-6H,4H2,1-3H3,(H,12,14). The molecule has 1 rings (SSSR count). The average molecular weight is 222 g/mol. The summed E-state index contributed by atoms with van der Waals surface area (Å²) in [5.74, 6) is -0.313. The average Bonchev–Trinajstić information content (AvgIpc) is 2.16. The second-order valence-corrected chi connectivity index (χ2v) is 3.59. The van der Waals surface area contributed by atoms with E-state index in [4.69, 9.17) is 0 Å². The molecule has 0 aliphatic carbocycles. The number of hydrogen-bond donors (Lipinski definition) is 1. The second-order valence-electron chi connectivity index (χ2n) is 3.59. The van der Waals surface area contributed by atoms with E-state index in [0.29, 0.717) is 0 Å². The minimum absolute atomic E-state index is 0.0577. The summed E-state index contributed by atoms with van der Waals surface area (Å²) in [6.07, 6.45) is 0.729. The van der Waals surface area contributed by atoms with E-state index in [1.807, 2.05) is 13.8 Å². The van der Waals surface area contributed by atoms with Crippen molar-refractivity contribution in [3.8, 4) is 0 Å². The molecule has 0 radical (unpaired) electrons. The predicted molar refractivity (Wildman–Crippen MR) is 61.5 cm³/mol. The van der Waals surface area contributed by atoms with Crippen LogP contribution in [0.1, 0.15) is 25.0 Å². The number of benzene rings is 1. The molecular weight excluding hydrogens is 208 g/mol. The summed E-state index contributed by atoms with van der Waals surface area (Å²) in [4.78, 5) is 21.3. The maximum atomic E-state index is 10.9. The van der Waals surface area contributed by atoms with Gasteiger partial charge in [0.25, 0.3) is 5.69 Å². The van der Waals surface area contributed by atoms with E-state index < -0.39 is 4.92 Å². The highest BCUT2D eigenvalue weighted by molar-refractivity contribution is 5.91. The van der Waals surface area contributed by atoms with Gasteiger partial charge < -0.3 is 5.32 Å². The van der Waals surface area contributed by atoms with Crippen molar-refractivity contribution in [1.29, 1.82) is 0 Å². The quantitative estimate of drug-likeness (QED) is 0.630. The van der Waals surface area contributed by atoms with E-state index in [1.165, 1.54) is 13.0 Å². The first-order valence-corrected chi connectivity index (χ1v) is 5.01. The van der Waals surface area contributed by atoms with Crippen LogP contribution in [-0.2, 0) is 11.2 Å². The summed E-state index contributed by atoms with van der Waals surface area (Å²) in [5, 5.41) is 13.3. The van der Waals surface area contributed by atoms with E-state index in [2.05, 4.69) is 5.32 Å². The van der Waals surface area contributed by atoms with Crippen molar-refractivity contribution in [2.75, 3.05) is 5.32 Å². The second kappa shape index (κ2) is 4.74. The molecule has 5 heteroatoms. The number of hydrogen-bond acceptors (Lipinski definition) is 3. The molecule has 0 aliphatic rings. The fraction of sp³-hybridized carbons (Fsp3) is 0.364. The lowest BCUT2D eigenvalue weighted by Crippen LogP contribution is -2.09. The summed E-state index contributed by atoms with van der Waals surface area (Å²) >= 11 is 0. The van der Waals surface area contributed by atoms with Crippen LogP contribution in [0.3, 0.4) is 0 Å². The van der Waals surface area contributed by atoms with Gasteiger partial charge in [-0.3, -0.25) is 14.9 Å². The van der Waals surface area contributed by atoms with Crippen molar-refractivity contribution in [2.24, 2.45) is 0 Å². The van der Waals surface area contributed by atoms with Crippen LogP contribution in [0.2, 0.25) is 0 Å². The Morgan fingerprint density at radius 1 is 1.50 bits per heavy atom. The van der Waals surface area contributed by atoms with Gasteiger partial charge in [-0.25, -0.2) is 0 Å². The van der Waals surface area contributed by atoms with Crippen LogP contribution < -0.4 is 5.32 Å². The van der Waals surface area contributed by atoms with Gasteiger partial charge in [-0.05, 0) is 30.5 Å². The number of carbonyl (C=O) groups is 1. The van der Waals surface area contributed by atoms with Gasteiger partial charge >= 0.3 is 0 Å². The predicted octanol–water partition coefficient (Wildman–Crippen LogP) is 2.42. The first kappa shape index (κ1) is 12.2. The van der Waals surface area contributed by atoms with E-state index in [9.17, 15) is 14.9 Å². The van der Waals surface area contributed by atoms with E-state index >= 15 is 0 Å². The van der Waals surface area contributed by atoms with Crippen LogP contribution in [0.15, 0.2) is 12.1 Å². The molecule has 0 aliphatic heterocycles. The third kappa shape index (κ3) is 2.56. The lowest BCUT2D eigenvalue weighted by molar-refractivity contribution is -0.384. The van der Waals surface area contributed by atoms with Crippen molar-refractivity contribution in [2.45, 2.75) is 27.2 Å². The Morgan fingerprint density at radius 2 is 2.12 bits per heavy atom. The van der Waals surface area contributed by atoms with Crippen LogP contribution >= 0.6 is 0 Å². The van der Waals surface area contributed by atoms with Gasteiger partial charge in [0.2, 0.25) is 5.91 Å². The molecule has 0 spiro atoms. The van der Waals surface area contributed by atoms with E-state index in [1.54, 1.807) is 6.07 Å². The Morgan fingerprint density at radius 3 is 2.56 bits per heavy atom. The zero-order chi connectivity index (χ0) is 12.3. The lowest BCUT2D eigenvalue weighted by Gasteiger charge is -2.08. The van der Waals surface area contributed by atoms with Gasteiger partial charge in [0.05, 0.1) is 4.92 Å². The van der Waals surface area contributed by atoms with Crippen LogP contribution in [0.5, 0.6) is 0 Å². The Balaban J connectivity index is 3.30. The third-order valence-corrected chi connectivity index (χ3v) is 2.34. The maximum Gasteiger partial charge on any atom is 0.293 e. The van der Waals surface area contributed by atoms with E-state index in [0.717, 1.165) is 17.5 Å². The molecule has 0 atom stereocenters. The summed E-state index contributed by atoms with van der Waals surface area (Å²) in [6, 6.07) is 3.15. The molecule has 16 heavy (non-hydrogen) atoms. The van der Waals surface area contributed by atoms with Gasteiger partial charge in [0.15, 0.2) is 0 Å². The molecule has 0 heterocycles. The number of nitro groups is 1. The SMILES string of the molecule is CCc1cc([N+](=O)[O-])c(NC(C)=O)cc1C. The maximum absolute atomic E-state index is 10.9. The first-order valence-electron chi connectivity index (χ1n) is 5.01. The van der Waals surface area contributed by atoms with Crippen molar-refractivity contribution < 1.29 is 9.72 Å². The minimum Gasteiger partial charge on any atom is -0.321 e. The van der Waals surface area contributed by atoms with Gasteiger partial charge in [-0.15, -0.1) is 0 Å². The number of nitro benzene ring substituents is 1. The van der Waals surface area contributed by atoms with Crippen molar-refractivity contribution in [3.05, 3.63) is 33.4 Å². The Kier molecular flexibility index (Phi) is 3.60. The number of nitrogens with one attached hydrogen (secondary N) is 1. The summed E-state index contributed by atoms with van der Waals surface area (Å²) in [5.41, 5.74) is 2.06.